The van der Waals surface area contributed by atoms with Gasteiger partial charge in [0.15, 0.2) is 11.5 Å². The first-order valence-electron chi connectivity index (χ1n) is 6.94. The van der Waals surface area contributed by atoms with Crippen LogP contribution in [0.4, 0.5) is 5.69 Å². The van der Waals surface area contributed by atoms with E-state index in [0.29, 0.717) is 22.6 Å². The van der Waals surface area contributed by atoms with Crippen LogP contribution in [-0.2, 0) is 0 Å². The molecule has 0 aliphatic heterocycles. The SMILES string of the molecule is [C-]#[N+]c1c(C#N)c(C)n2[nH]c(-c3c(C)cc(C)cc3C)nc12. The Balaban J connectivity index is 2.33. The summed E-state index contributed by atoms with van der Waals surface area (Å²) in [6.07, 6.45) is 0. The molecule has 0 atom stereocenters. The van der Waals surface area contributed by atoms with Crippen molar-refractivity contribution in [3.05, 3.63) is 51.5 Å². The molecule has 0 radical (unpaired) electrons. The van der Waals surface area contributed by atoms with E-state index >= 15 is 0 Å². The lowest BCUT2D eigenvalue weighted by molar-refractivity contribution is 0.932. The Kier molecular flexibility index (Phi) is 3.00. The maximum absolute atomic E-state index is 9.21. The zero-order chi connectivity index (χ0) is 16.0. The molecule has 0 aliphatic rings. The van der Waals surface area contributed by atoms with Crippen molar-refractivity contribution in [2.75, 3.05) is 0 Å². The monoisotopic (exact) mass is 289 g/mol. The molecule has 1 N–H and O–H groups in total. The van der Waals surface area contributed by atoms with E-state index < -0.39 is 0 Å². The summed E-state index contributed by atoms with van der Waals surface area (Å²) in [4.78, 5) is 8.06. The average molecular weight is 289 g/mol. The molecule has 0 amide bonds. The van der Waals surface area contributed by atoms with Gasteiger partial charge in [-0.1, -0.05) is 17.7 Å². The van der Waals surface area contributed by atoms with Gasteiger partial charge in [-0.15, -0.1) is 0 Å². The van der Waals surface area contributed by atoms with E-state index in [1.807, 2.05) is 6.92 Å². The van der Waals surface area contributed by atoms with Crippen molar-refractivity contribution in [1.29, 1.82) is 5.26 Å². The van der Waals surface area contributed by atoms with Crippen molar-refractivity contribution in [2.24, 2.45) is 0 Å². The van der Waals surface area contributed by atoms with Gasteiger partial charge in [0.2, 0.25) is 5.69 Å². The quantitative estimate of drug-likeness (QED) is 0.689. The van der Waals surface area contributed by atoms with Crippen LogP contribution < -0.4 is 0 Å². The molecule has 0 saturated heterocycles. The van der Waals surface area contributed by atoms with Crippen molar-refractivity contribution in [2.45, 2.75) is 27.7 Å². The van der Waals surface area contributed by atoms with Gasteiger partial charge in [-0.2, -0.15) is 5.26 Å². The van der Waals surface area contributed by atoms with Gasteiger partial charge in [-0.3, -0.25) is 9.61 Å². The lowest BCUT2D eigenvalue weighted by Crippen LogP contribution is -1.94. The number of aryl methyl sites for hydroxylation is 4. The van der Waals surface area contributed by atoms with Gasteiger partial charge < -0.3 is 0 Å². The predicted octanol–water partition coefficient (Wildman–Crippen LogP) is 3.99. The fraction of sp³-hybridized carbons (Fsp3) is 0.235. The van der Waals surface area contributed by atoms with Crippen molar-refractivity contribution < 1.29 is 0 Å². The Morgan fingerprint density at radius 2 is 1.86 bits per heavy atom. The van der Waals surface area contributed by atoms with Gasteiger partial charge in [-0.25, -0.2) is 9.83 Å². The highest BCUT2D eigenvalue weighted by Gasteiger charge is 2.20. The summed E-state index contributed by atoms with van der Waals surface area (Å²) in [5.74, 6) is 0.725. The molecule has 2 heterocycles. The van der Waals surface area contributed by atoms with Crippen LogP contribution in [0, 0.1) is 45.6 Å². The topological polar surface area (TPSA) is 61.2 Å². The minimum absolute atomic E-state index is 0.310. The highest BCUT2D eigenvalue weighted by Crippen LogP contribution is 2.33. The van der Waals surface area contributed by atoms with Gasteiger partial charge >= 0.3 is 0 Å². The highest BCUT2D eigenvalue weighted by molar-refractivity contribution is 5.81. The number of aromatic amines is 1. The standard InChI is InChI=1S/C17H15N5/c1-9-6-10(2)14(11(3)7-9)16-20-17-15(19-5)13(8-18)12(4)22(17)21-16/h6-7H,1-4H3,(H,20,21). The van der Waals surface area contributed by atoms with Crippen LogP contribution in [0.1, 0.15) is 27.9 Å². The number of rotatable bonds is 1. The van der Waals surface area contributed by atoms with E-state index in [-0.39, 0.29) is 0 Å². The minimum Gasteiger partial charge on any atom is -0.277 e. The molecule has 0 aliphatic carbocycles. The molecular weight excluding hydrogens is 274 g/mol. The number of nitrogens with zero attached hydrogens (tertiary/aromatic N) is 4. The number of hydrogen-bond acceptors (Lipinski definition) is 2. The summed E-state index contributed by atoms with van der Waals surface area (Å²) in [7, 11) is 0. The Bertz CT molecular complexity index is 966. The molecule has 5 heteroatoms. The third-order valence-electron chi connectivity index (χ3n) is 3.93. The van der Waals surface area contributed by atoms with E-state index in [2.05, 4.69) is 53.9 Å². The van der Waals surface area contributed by atoms with Gasteiger partial charge in [0, 0.05) is 11.3 Å². The van der Waals surface area contributed by atoms with Crippen LogP contribution in [0.3, 0.4) is 0 Å². The number of benzene rings is 1. The molecule has 2 aromatic heterocycles. The summed E-state index contributed by atoms with van der Waals surface area (Å²) in [5, 5.41) is 12.4. The van der Waals surface area contributed by atoms with E-state index in [0.717, 1.165) is 22.5 Å². The van der Waals surface area contributed by atoms with E-state index in [4.69, 9.17) is 6.57 Å². The molecule has 3 aromatic rings. The molecule has 0 fully saturated rings. The largest absolute Gasteiger partial charge is 0.277 e. The second kappa shape index (κ2) is 4.75. The van der Waals surface area contributed by atoms with E-state index in [1.54, 1.807) is 4.52 Å². The van der Waals surface area contributed by atoms with Crippen molar-refractivity contribution in [1.82, 2.24) is 14.6 Å². The molecule has 0 spiro atoms. The first kappa shape index (κ1) is 13.9. The molecule has 108 valence electrons. The average Bonchev–Trinajstić information content (AvgIpc) is 2.96. The summed E-state index contributed by atoms with van der Waals surface area (Å²) < 4.78 is 1.72. The second-order valence-corrected chi connectivity index (χ2v) is 5.54. The van der Waals surface area contributed by atoms with Crippen molar-refractivity contribution in [3.63, 3.8) is 0 Å². The number of fused-ring (bicyclic) bond motifs is 1. The molecule has 3 rings (SSSR count). The fourth-order valence-electron chi connectivity index (χ4n) is 3.04. The molecule has 0 saturated carbocycles. The second-order valence-electron chi connectivity index (χ2n) is 5.54. The van der Waals surface area contributed by atoms with Gasteiger partial charge in [0.05, 0.1) is 18.2 Å². The summed E-state index contributed by atoms with van der Waals surface area (Å²) in [5.41, 5.74) is 6.45. The molecule has 5 nitrogen and oxygen atoms in total. The van der Waals surface area contributed by atoms with Crippen LogP contribution in [0.15, 0.2) is 12.1 Å². The summed E-state index contributed by atoms with van der Waals surface area (Å²) in [6.45, 7) is 15.3. The lowest BCUT2D eigenvalue weighted by atomic mass is 9.99. The Labute approximate surface area is 128 Å². The van der Waals surface area contributed by atoms with Crippen LogP contribution in [-0.4, -0.2) is 14.6 Å². The third-order valence-corrected chi connectivity index (χ3v) is 3.93. The number of aromatic nitrogens is 3. The fourth-order valence-corrected chi connectivity index (χ4v) is 3.04. The maximum atomic E-state index is 9.21. The Morgan fingerprint density at radius 3 is 2.41 bits per heavy atom. The van der Waals surface area contributed by atoms with Crippen LogP contribution >= 0.6 is 0 Å². The smallest absolute Gasteiger partial charge is 0.249 e. The normalized spacial score (nSPS) is 10.6. The van der Waals surface area contributed by atoms with E-state index in [9.17, 15) is 5.26 Å². The lowest BCUT2D eigenvalue weighted by Gasteiger charge is -2.08. The Morgan fingerprint density at radius 1 is 1.23 bits per heavy atom. The molecule has 0 bridgehead atoms. The van der Waals surface area contributed by atoms with E-state index in [1.165, 1.54) is 5.56 Å². The third kappa shape index (κ3) is 1.80. The predicted molar refractivity (Wildman–Crippen MR) is 84.9 cm³/mol. The van der Waals surface area contributed by atoms with Gasteiger partial charge in [-0.05, 0) is 38.8 Å². The summed E-state index contributed by atoms with van der Waals surface area (Å²) in [6, 6.07) is 6.31. The van der Waals surface area contributed by atoms with Crippen LogP contribution in [0.5, 0.6) is 0 Å². The number of nitrogens with one attached hydrogen (secondary N) is 1. The number of hydrogen-bond donors (Lipinski definition) is 1. The zero-order valence-corrected chi connectivity index (χ0v) is 12.9. The van der Waals surface area contributed by atoms with Crippen LogP contribution in [0.2, 0.25) is 0 Å². The Hall–Kier alpha value is -3.05. The van der Waals surface area contributed by atoms with Gasteiger partial charge in [0.1, 0.15) is 0 Å². The van der Waals surface area contributed by atoms with Gasteiger partial charge in [0.25, 0.3) is 0 Å². The summed E-state index contributed by atoms with van der Waals surface area (Å²) >= 11 is 0. The molecule has 0 unspecified atom stereocenters. The van der Waals surface area contributed by atoms with Crippen molar-refractivity contribution >= 4 is 11.3 Å². The molecular formula is C17H15N5. The van der Waals surface area contributed by atoms with Crippen molar-refractivity contribution in [3.8, 4) is 17.5 Å². The zero-order valence-electron chi connectivity index (χ0n) is 12.9. The molecule has 1 aromatic carbocycles. The molecule has 22 heavy (non-hydrogen) atoms. The number of nitriles is 1. The maximum Gasteiger partial charge on any atom is 0.249 e. The number of H-pyrrole nitrogens is 1. The first-order chi connectivity index (χ1) is 10.5. The van der Waals surface area contributed by atoms with Crippen LogP contribution in [0.25, 0.3) is 21.9 Å². The first-order valence-corrected chi connectivity index (χ1v) is 6.94. The minimum atomic E-state index is 0.310. The highest BCUT2D eigenvalue weighted by atomic mass is 15.3.